The van der Waals surface area contributed by atoms with Crippen molar-refractivity contribution in [2.24, 2.45) is 17.3 Å². The van der Waals surface area contributed by atoms with Gasteiger partial charge in [-0.1, -0.05) is 50.3 Å². The molecule has 0 aromatic carbocycles. The van der Waals surface area contributed by atoms with Crippen molar-refractivity contribution in [3.8, 4) is 0 Å². The van der Waals surface area contributed by atoms with Gasteiger partial charge in [-0.05, 0) is 37.0 Å². The highest BCUT2D eigenvalue weighted by molar-refractivity contribution is 5.22. The van der Waals surface area contributed by atoms with Crippen LogP contribution in [0.2, 0.25) is 0 Å². The van der Waals surface area contributed by atoms with Gasteiger partial charge in [0.2, 0.25) is 0 Å². The van der Waals surface area contributed by atoms with E-state index in [1.54, 1.807) is 0 Å². The summed E-state index contributed by atoms with van der Waals surface area (Å²) in [5.41, 5.74) is 0.431. The van der Waals surface area contributed by atoms with Crippen molar-refractivity contribution in [1.82, 2.24) is 0 Å². The topological polar surface area (TPSA) is 0 Å². The van der Waals surface area contributed by atoms with E-state index in [0.717, 1.165) is 5.92 Å². The molecule has 0 saturated carbocycles. The van der Waals surface area contributed by atoms with Gasteiger partial charge < -0.3 is 0 Å². The average Bonchev–Trinajstić information content (AvgIpc) is 2.83. The van der Waals surface area contributed by atoms with Crippen LogP contribution >= 0.6 is 0 Å². The molecule has 0 heterocycles. The lowest BCUT2D eigenvalue weighted by Gasteiger charge is -2.40. The van der Waals surface area contributed by atoms with Gasteiger partial charge >= 0.3 is 0 Å². The first kappa shape index (κ1) is 10.7. The van der Waals surface area contributed by atoms with Crippen LogP contribution in [0, 0.1) is 17.3 Å². The Labute approximate surface area is 93.8 Å². The summed E-state index contributed by atoms with van der Waals surface area (Å²) in [6.07, 6.45) is 19.3. The molecule has 0 aromatic rings. The first-order valence-corrected chi connectivity index (χ1v) is 6.29. The molecular weight excluding hydrogens is 180 g/mol. The molecule has 2 aliphatic carbocycles. The van der Waals surface area contributed by atoms with Crippen LogP contribution in [0.3, 0.4) is 0 Å². The highest BCUT2D eigenvalue weighted by Crippen LogP contribution is 2.45. The predicted molar refractivity (Wildman–Crippen MR) is 66.6 cm³/mol. The third kappa shape index (κ3) is 1.95. The van der Waals surface area contributed by atoms with Crippen LogP contribution in [-0.2, 0) is 0 Å². The predicted octanol–water partition coefficient (Wildman–Crippen LogP) is 4.50. The van der Waals surface area contributed by atoms with E-state index >= 15 is 0 Å². The molecule has 2 atom stereocenters. The van der Waals surface area contributed by atoms with Crippen molar-refractivity contribution >= 4 is 0 Å². The smallest absolute Gasteiger partial charge is 0.00122 e. The fraction of sp³-hybridized carbons (Fsp3) is 0.600. The molecule has 0 saturated heterocycles. The Hall–Kier alpha value is -0.780. The Morgan fingerprint density at radius 2 is 1.93 bits per heavy atom. The maximum Gasteiger partial charge on any atom is 0.00122 e. The fourth-order valence-electron chi connectivity index (χ4n) is 2.98. The molecule has 15 heavy (non-hydrogen) atoms. The molecule has 0 bridgehead atoms. The van der Waals surface area contributed by atoms with E-state index in [1.807, 2.05) is 0 Å². The third-order valence-corrected chi connectivity index (χ3v) is 4.37. The summed E-state index contributed by atoms with van der Waals surface area (Å²) in [6, 6.07) is 0. The van der Waals surface area contributed by atoms with Gasteiger partial charge in [-0.25, -0.2) is 0 Å². The van der Waals surface area contributed by atoms with E-state index in [-0.39, 0.29) is 0 Å². The number of hydrogen-bond acceptors (Lipinski definition) is 0. The highest BCUT2D eigenvalue weighted by Gasteiger charge is 2.37. The molecule has 82 valence electrons. The van der Waals surface area contributed by atoms with Gasteiger partial charge in [0.05, 0.1) is 0 Å². The quantitative estimate of drug-likeness (QED) is 0.591. The average molecular weight is 202 g/mol. The van der Waals surface area contributed by atoms with Gasteiger partial charge in [0.15, 0.2) is 0 Å². The molecule has 0 aliphatic heterocycles. The zero-order chi connectivity index (χ0) is 10.7. The van der Waals surface area contributed by atoms with Gasteiger partial charge in [0.1, 0.15) is 0 Å². The largest absolute Gasteiger partial charge is 0.0882 e. The van der Waals surface area contributed by atoms with Gasteiger partial charge in [-0.3, -0.25) is 0 Å². The van der Waals surface area contributed by atoms with Crippen LogP contribution in [0.25, 0.3) is 0 Å². The van der Waals surface area contributed by atoms with E-state index in [4.69, 9.17) is 0 Å². The SMILES string of the molecule is CCC(C)(C1C=CC=C1)C1C=CCCC1. The summed E-state index contributed by atoms with van der Waals surface area (Å²) >= 11 is 0. The maximum absolute atomic E-state index is 2.47. The molecule has 2 unspecified atom stereocenters. The Balaban J connectivity index is 2.19. The van der Waals surface area contributed by atoms with E-state index in [9.17, 15) is 0 Å². The van der Waals surface area contributed by atoms with Gasteiger partial charge in [-0.2, -0.15) is 0 Å². The second kappa shape index (κ2) is 4.38. The van der Waals surface area contributed by atoms with Gasteiger partial charge in [0.25, 0.3) is 0 Å². The second-order valence-electron chi connectivity index (χ2n) is 5.12. The summed E-state index contributed by atoms with van der Waals surface area (Å²) in [5.74, 6) is 1.42. The normalized spacial score (nSPS) is 29.6. The molecule has 0 heteroatoms. The molecule has 0 fully saturated rings. The summed E-state index contributed by atoms with van der Waals surface area (Å²) in [6.45, 7) is 4.79. The monoisotopic (exact) mass is 202 g/mol. The molecule has 0 nitrogen and oxygen atoms in total. The van der Waals surface area contributed by atoms with Crippen LogP contribution in [0.5, 0.6) is 0 Å². The first-order valence-electron chi connectivity index (χ1n) is 6.29. The zero-order valence-electron chi connectivity index (χ0n) is 9.95. The molecule has 0 spiro atoms. The number of hydrogen-bond donors (Lipinski definition) is 0. The Morgan fingerprint density at radius 3 is 2.47 bits per heavy atom. The number of rotatable bonds is 3. The zero-order valence-corrected chi connectivity index (χ0v) is 9.95. The fourth-order valence-corrected chi connectivity index (χ4v) is 2.98. The minimum absolute atomic E-state index is 0.431. The van der Waals surface area contributed by atoms with Crippen molar-refractivity contribution < 1.29 is 0 Å². The van der Waals surface area contributed by atoms with Crippen LogP contribution in [0.15, 0.2) is 36.5 Å². The van der Waals surface area contributed by atoms with Crippen molar-refractivity contribution in [2.45, 2.75) is 39.5 Å². The standard InChI is InChI=1S/C15H22/c1-3-15(2,14-11-7-8-12-14)13-9-5-4-6-10-13/h5,7-9,11-14H,3-4,6,10H2,1-2H3. The van der Waals surface area contributed by atoms with Gasteiger partial charge in [0, 0.05) is 5.92 Å². The molecule has 2 aliphatic rings. The maximum atomic E-state index is 2.47. The van der Waals surface area contributed by atoms with Crippen LogP contribution < -0.4 is 0 Å². The summed E-state index contributed by atoms with van der Waals surface area (Å²) in [4.78, 5) is 0. The van der Waals surface area contributed by atoms with Gasteiger partial charge in [-0.15, -0.1) is 0 Å². The Morgan fingerprint density at radius 1 is 1.20 bits per heavy atom. The minimum atomic E-state index is 0.431. The molecule has 2 rings (SSSR count). The van der Waals surface area contributed by atoms with Crippen LogP contribution in [0.4, 0.5) is 0 Å². The molecule has 0 aromatic heterocycles. The van der Waals surface area contributed by atoms with Crippen molar-refractivity contribution in [3.63, 3.8) is 0 Å². The van der Waals surface area contributed by atoms with Crippen molar-refractivity contribution in [3.05, 3.63) is 36.5 Å². The van der Waals surface area contributed by atoms with Crippen molar-refractivity contribution in [2.75, 3.05) is 0 Å². The Bertz CT molecular complexity index is 283. The van der Waals surface area contributed by atoms with E-state index in [1.165, 1.54) is 25.7 Å². The van der Waals surface area contributed by atoms with E-state index < -0.39 is 0 Å². The van der Waals surface area contributed by atoms with Crippen LogP contribution in [0.1, 0.15) is 39.5 Å². The first-order chi connectivity index (χ1) is 7.27. The highest BCUT2D eigenvalue weighted by atomic mass is 14.4. The summed E-state index contributed by atoms with van der Waals surface area (Å²) in [7, 11) is 0. The lowest BCUT2D eigenvalue weighted by Crippen LogP contribution is -2.32. The molecular formula is C15H22. The summed E-state index contributed by atoms with van der Waals surface area (Å²) < 4.78 is 0. The lowest BCUT2D eigenvalue weighted by atomic mass is 9.64. The minimum Gasteiger partial charge on any atom is -0.0882 e. The van der Waals surface area contributed by atoms with E-state index in [0.29, 0.717) is 11.3 Å². The summed E-state index contributed by atoms with van der Waals surface area (Å²) in [5, 5.41) is 0. The molecule has 0 amide bonds. The van der Waals surface area contributed by atoms with E-state index in [2.05, 4.69) is 50.3 Å². The molecule has 0 radical (unpaired) electrons. The Kier molecular flexibility index (Phi) is 3.14. The molecule has 0 N–H and O–H groups in total. The third-order valence-electron chi connectivity index (χ3n) is 4.37. The van der Waals surface area contributed by atoms with Crippen LogP contribution in [-0.4, -0.2) is 0 Å². The number of allylic oxidation sites excluding steroid dienone is 6. The van der Waals surface area contributed by atoms with Crippen molar-refractivity contribution in [1.29, 1.82) is 0 Å². The second-order valence-corrected chi connectivity index (χ2v) is 5.12. The lowest BCUT2D eigenvalue weighted by molar-refractivity contribution is 0.161.